The Bertz CT molecular complexity index is 214. The normalized spacial score (nSPS) is 35.3. The predicted molar refractivity (Wildman–Crippen MR) is 69.2 cm³/mol. The molecule has 0 spiro atoms. The molecule has 0 saturated heterocycles. The van der Waals surface area contributed by atoms with Crippen LogP contribution in [0, 0.1) is 0 Å². The summed E-state index contributed by atoms with van der Waals surface area (Å²) in [5.74, 6) is 0. The highest BCUT2D eigenvalue weighted by Crippen LogP contribution is 2.31. The average Bonchev–Trinajstić information content (AvgIpc) is 2.56. The van der Waals surface area contributed by atoms with Crippen molar-refractivity contribution in [3.05, 3.63) is 0 Å². The van der Waals surface area contributed by atoms with Crippen molar-refractivity contribution < 1.29 is 9.47 Å². The number of hydrogen-bond acceptors (Lipinski definition) is 3. The number of hydrogen-bond donors (Lipinski definition) is 1. The van der Waals surface area contributed by atoms with E-state index < -0.39 is 0 Å². The zero-order valence-electron chi connectivity index (χ0n) is 11.3. The molecule has 100 valence electrons. The molecule has 0 amide bonds. The van der Waals surface area contributed by atoms with Gasteiger partial charge in [0, 0.05) is 13.2 Å². The number of likely N-dealkylation sites (N-methyl/N-ethyl adjacent to an activating group) is 1. The quantitative estimate of drug-likeness (QED) is 0.750. The van der Waals surface area contributed by atoms with E-state index in [0.29, 0.717) is 18.2 Å². The van der Waals surface area contributed by atoms with Crippen LogP contribution in [0.15, 0.2) is 0 Å². The fourth-order valence-electron chi connectivity index (χ4n) is 3.12. The van der Waals surface area contributed by atoms with Gasteiger partial charge in [-0.2, -0.15) is 0 Å². The van der Waals surface area contributed by atoms with E-state index in [1.807, 2.05) is 0 Å². The van der Waals surface area contributed by atoms with Crippen LogP contribution >= 0.6 is 0 Å². The van der Waals surface area contributed by atoms with Gasteiger partial charge in [0.1, 0.15) is 0 Å². The van der Waals surface area contributed by atoms with Crippen LogP contribution in [0.4, 0.5) is 0 Å². The number of rotatable bonds is 5. The molecule has 0 bridgehead atoms. The Hall–Kier alpha value is -0.120. The highest BCUT2D eigenvalue weighted by molar-refractivity contribution is 4.97. The van der Waals surface area contributed by atoms with E-state index in [9.17, 15) is 0 Å². The number of nitrogens with one attached hydrogen (secondary N) is 1. The van der Waals surface area contributed by atoms with Gasteiger partial charge in [0.05, 0.1) is 18.3 Å². The average molecular weight is 241 g/mol. The summed E-state index contributed by atoms with van der Waals surface area (Å²) in [6, 6.07) is 0.501. The van der Waals surface area contributed by atoms with Gasteiger partial charge >= 0.3 is 0 Å². The van der Waals surface area contributed by atoms with Gasteiger partial charge in [-0.1, -0.05) is 32.6 Å². The zero-order valence-corrected chi connectivity index (χ0v) is 11.3. The van der Waals surface area contributed by atoms with Crippen molar-refractivity contribution >= 4 is 0 Å². The monoisotopic (exact) mass is 241 g/mol. The summed E-state index contributed by atoms with van der Waals surface area (Å²) in [7, 11) is 1.80. The van der Waals surface area contributed by atoms with Crippen LogP contribution in [-0.4, -0.2) is 38.0 Å². The lowest BCUT2D eigenvalue weighted by Gasteiger charge is -2.45. The molecule has 0 aromatic carbocycles. The molecule has 0 aromatic heterocycles. The van der Waals surface area contributed by atoms with Gasteiger partial charge in [0.2, 0.25) is 0 Å². The largest absolute Gasteiger partial charge is 0.377 e. The lowest BCUT2D eigenvalue weighted by Crippen LogP contribution is -2.60. The fourth-order valence-corrected chi connectivity index (χ4v) is 3.12. The standard InChI is InChI=1S/C14H27NO2/c1-3-15-12-10-13(14(12)16-2)17-11-8-6-4-5-7-9-11/h11-15H,3-10H2,1-2H3. The molecule has 2 aliphatic rings. The van der Waals surface area contributed by atoms with E-state index in [0.717, 1.165) is 13.0 Å². The second-order valence-electron chi connectivity index (χ2n) is 5.39. The maximum atomic E-state index is 6.22. The van der Waals surface area contributed by atoms with Crippen molar-refractivity contribution in [3.8, 4) is 0 Å². The Morgan fingerprint density at radius 1 is 1.12 bits per heavy atom. The van der Waals surface area contributed by atoms with Crippen LogP contribution in [-0.2, 0) is 9.47 Å². The van der Waals surface area contributed by atoms with Crippen LogP contribution in [0.5, 0.6) is 0 Å². The first-order chi connectivity index (χ1) is 8.35. The Labute approximate surface area is 105 Å². The smallest absolute Gasteiger partial charge is 0.0987 e. The first-order valence-corrected chi connectivity index (χ1v) is 7.26. The van der Waals surface area contributed by atoms with Crippen LogP contribution < -0.4 is 5.32 Å². The minimum absolute atomic E-state index is 0.262. The molecule has 17 heavy (non-hydrogen) atoms. The van der Waals surface area contributed by atoms with Gasteiger partial charge in [0.15, 0.2) is 0 Å². The third kappa shape index (κ3) is 3.43. The Morgan fingerprint density at radius 2 is 1.82 bits per heavy atom. The second kappa shape index (κ2) is 6.72. The van der Waals surface area contributed by atoms with E-state index in [-0.39, 0.29) is 6.10 Å². The minimum Gasteiger partial charge on any atom is -0.377 e. The fraction of sp³-hybridized carbons (Fsp3) is 1.00. The molecule has 3 unspecified atom stereocenters. The lowest BCUT2D eigenvalue weighted by molar-refractivity contribution is -0.158. The molecule has 0 aromatic rings. The maximum absolute atomic E-state index is 6.22. The molecule has 2 fully saturated rings. The van der Waals surface area contributed by atoms with Gasteiger partial charge in [-0.05, 0) is 25.8 Å². The molecule has 2 rings (SSSR count). The minimum atomic E-state index is 0.262. The van der Waals surface area contributed by atoms with Crippen molar-refractivity contribution in [1.82, 2.24) is 5.32 Å². The molecular weight excluding hydrogens is 214 g/mol. The van der Waals surface area contributed by atoms with Crippen LogP contribution in [0.1, 0.15) is 51.9 Å². The third-order valence-corrected chi connectivity index (χ3v) is 4.16. The van der Waals surface area contributed by atoms with Crippen molar-refractivity contribution in [2.24, 2.45) is 0 Å². The summed E-state index contributed by atoms with van der Waals surface area (Å²) >= 11 is 0. The van der Waals surface area contributed by atoms with E-state index >= 15 is 0 Å². The molecule has 0 heterocycles. The van der Waals surface area contributed by atoms with Crippen molar-refractivity contribution in [2.45, 2.75) is 76.2 Å². The number of methoxy groups -OCH3 is 1. The summed E-state index contributed by atoms with van der Waals surface area (Å²) in [5, 5.41) is 3.46. The summed E-state index contributed by atoms with van der Waals surface area (Å²) in [6.07, 6.45) is 10.1. The van der Waals surface area contributed by atoms with Gasteiger partial charge < -0.3 is 14.8 Å². The molecule has 2 aliphatic carbocycles. The predicted octanol–water partition coefficient (Wildman–Crippen LogP) is 2.49. The third-order valence-electron chi connectivity index (χ3n) is 4.16. The second-order valence-corrected chi connectivity index (χ2v) is 5.39. The Morgan fingerprint density at radius 3 is 2.41 bits per heavy atom. The zero-order chi connectivity index (χ0) is 12.1. The number of ether oxygens (including phenoxy) is 2. The van der Waals surface area contributed by atoms with Crippen molar-refractivity contribution in [3.63, 3.8) is 0 Å². The molecular formula is C14H27NO2. The molecule has 2 saturated carbocycles. The summed E-state index contributed by atoms with van der Waals surface area (Å²) in [6.45, 7) is 3.16. The van der Waals surface area contributed by atoms with E-state index in [1.54, 1.807) is 7.11 Å². The summed E-state index contributed by atoms with van der Waals surface area (Å²) < 4.78 is 11.8. The molecule has 3 heteroatoms. The molecule has 3 atom stereocenters. The molecule has 1 N–H and O–H groups in total. The van der Waals surface area contributed by atoms with Gasteiger partial charge in [-0.25, -0.2) is 0 Å². The summed E-state index contributed by atoms with van der Waals surface area (Å²) in [4.78, 5) is 0. The van der Waals surface area contributed by atoms with Crippen LogP contribution in [0.25, 0.3) is 0 Å². The summed E-state index contributed by atoms with van der Waals surface area (Å²) in [5.41, 5.74) is 0. The molecule has 3 nitrogen and oxygen atoms in total. The topological polar surface area (TPSA) is 30.5 Å². The van der Waals surface area contributed by atoms with E-state index in [4.69, 9.17) is 9.47 Å². The van der Waals surface area contributed by atoms with E-state index in [1.165, 1.54) is 38.5 Å². The van der Waals surface area contributed by atoms with Crippen molar-refractivity contribution in [1.29, 1.82) is 0 Å². The van der Waals surface area contributed by atoms with Crippen LogP contribution in [0.3, 0.4) is 0 Å². The Balaban J connectivity index is 1.75. The highest BCUT2D eigenvalue weighted by atomic mass is 16.5. The maximum Gasteiger partial charge on any atom is 0.0987 e. The van der Waals surface area contributed by atoms with E-state index in [2.05, 4.69) is 12.2 Å². The first kappa shape index (κ1) is 13.3. The molecule has 0 radical (unpaired) electrons. The first-order valence-electron chi connectivity index (χ1n) is 7.26. The van der Waals surface area contributed by atoms with Gasteiger partial charge in [-0.15, -0.1) is 0 Å². The molecule has 0 aliphatic heterocycles. The van der Waals surface area contributed by atoms with Crippen LogP contribution in [0.2, 0.25) is 0 Å². The van der Waals surface area contributed by atoms with Crippen molar-refractivity contribution in [2.75, 3.05) is 13.7 Å². The van der Waals surface area contributed by atoms with Gasteiger partial charge in [0.25, 0.3) is 0 Å². The SMILES string of the molecule is CCNC1CC(OC2CCCCCC2)C1OC. The Kier molecular flexibility index (Phi) is 5.26. The van der Waals surface area contributed by atoms with Gasteiger partial charge in [-0.3, -0.25) is 0 Å². The highest BCUT2D eigenvalue weighted by Gasteiger charge is 2.42. The lowest BCUT2D eigenvalue weighted by atomic mass is 9.85.